The lowest BCUT2D eigenvalue weighted by molar-refractivity contribution is -0.155. The smallest absolute Gasteiger partial charge is 0.331 e. The van der Waals surface area contributed by atoms with E-state index >= 15 is 0 Å². The van der Waals surface area contributed by atoms with Crippen molar-refractivity contribution in [3.8, 4) is 0 Å². The molecule has 2 saturated carbocycles. The van der Waals surface area contributed by atoms with Crippen LogP contribution in [0.2, 0.25) is 0 Å². The molecular formula is C19H23NO2. The Bertz CT molecular complexity index is 649. The molecule has 0 saturated heterocycles. The molecule has 1 aromatic carbocycles. The summed E-state index contributed by atoms with van der Waals surface area (Å²) in [6.45, 7) is 6.89. The largest absolute Gasteiger partial charge is 0.454 e. The first kappa shape index (κ1) is 14.0. The Balaban J connectivity index is 1.68. The molecule has 4 rings (SSSR count). The van der Waals surface area contributed by atoms with Crippen molar-refractivity contribution >= 4 is 11.7 Å². The Morgan fingerprint density at radius 1 is 1.23 bits per heavy atom. The van der Waals surface area contributed by atoms with Crippen molar-refractivity contribution in [2.45, 2.75) is 52.2 Å². The molecule has 0 aromatic heterocycles. The Morgan fingerprint density at radius 2 is 1.95 bits per heavy atom. The summed E-state index contributed by atoms with van der Waals surface area (Å²) < 4.78 is 5.90. The van der Waals surface area contributed by atoms with Crippen LogP contribution in [0.4, 0.5) is 0 Å². The third-order valence-electron chi connectivity index (χ3n) is 6.58. The summed E-state index contributed by atoms with van der Waals surface area (Å²) in [5.41, 5.74) is 2.50. The first-order chi connectivity index (χ1) is 10.4. The highest BCUT2D eigenvalue weighted by Gasteiger charge is 2.67. The SMILES string of the molecule is CC1(C)[C@@H]2CC[C@@]1(C)C1OC(=O)[C@@H](Cc3ccccc3)N=C12. The Morgan fingerprint density at radius 3 is 2.68 bits per heavy atom. The van der Waals surface area contributed by atoms with Gasteiger partial charge in [0.2, 0.25) is 0 Å². The number of hydrogen-bond acceptors (Lipinski definition) is 3. The Hall–Kier alpha value is -1.64. The van der Waals surface area contributed by atoms with Crippen molar-refractivity contribution in [2.75, 3.05) is 0 Å². The zero-order valence-corrected chi connectivity index (χ0v) is 13.5. The quantitative estimate of drug-likeness (QED) is 0.785. The monoisotopic (exact) mass is 297 g/mol. The van der Waals surface area contributed by atoms with E-state index in [1.165, 1.54) is 6.42 Å². The van der Waals surface area contributed by atoms with Gasteiger partial charge in [0.05, 0.1) is 5.71 Å². The molecule has 4 atom stereocenters. The molecule has 1 aromatic rings. The van der Waals surface area contributed by atoms with Crippen LogP contribution in [0, 0.1) is 16.7 Å². The van der Waals surface area contributed by atoms with Gasteiger partial charge in [-0.2, -0.15) is 0 Å². The molecule has 0 spiro atoms. The van der Waals surface area contributed by atoms with E-state index in [0.717, 1.165) is 17.7 Å². The molecule has 3 heteroatoms. The summed E-state index contributed by atoms with van der Waals surface area (Å²) in [4.78, 5) is 17.3. The van der Waals surface area contributed by atoms with Gasteiger partial charge >= 0.3 is 5.97 Å². The number of carbonyl (C=O) groups excluding carboxylic acids is 1. The van der Waals surface area contributed by atoms with Crippen LogP contribution in [0.1, 0.15) is 39.2 Å². The zero-order chi connectivity index (χ0) is 15.5. The van der Waals surface area contributed by atoms with Crippen LogP contribution in [0.3, 0.4) is 0 Å². The molecule has 1 unspecified atom stereocenters. The van der Waals surface area contributed by atoms with Crippen molar-refractivity contribution in [1.29, 1.82) is 0 Å². The molecule has 22 heavy (non-hydrogen) atoms. The number of ether oxygens (including phenoxy) is 1. The van der Waals surface area contributed by atoms with Crippen LogP contribution in [-0.4, -0.2) is 23.8 Å². The normalized spacial score (nSPS) is 38.4. The van der Waals surface area contributed by atoms with E-state index in [9.17, 15) is 4.79 Å². The topological polar surface area (TPSA) is 38.7 Å². The van der Waals surface area contributed by atoms with E-state index in [0.29, 0.717) is 12.3 Å². The fourth-order valence-corrected chi connectivity index (χ4v) is 4.76. The van der Waals surface area contributed by atoms with E-state index in [-0.39, 0.29) is 28.9 Å². The van der Waals surface area contributed by atoms with Crippen LogP contribution < -0.4 is 0 Å². The highest BCUT2D eigenvalue weighted by atomic mass is 16.5. The van der Waals surface area contributed by atoms with E-state index in [1.54, 1.807) is 0 Å². The van der Waals surface area contributed by atoms with Crippen LogP contribution >= 0.6 is 0 Å². The standard InChI is InChI=1S/C19H23NO2/c1-18(2)13-9-10-19(18,3)16-15(13)20-14(17(21)22-16)11-12-7-5-4-6-8-12/h4-8,13-14,16H,9-11H2,1-3H3/t13-,14-,16?,19+/m1/s1. The molecule has 1 heterocycles. The van der Waals surface area contributed by atoms with Crippen molar-refractivity contribution in [1.82, 2.24) is 0 Å². The lowest BCUT2D eigenvalue weighted by Crippen LogP contribution is -2.47. The predicted molar refractivity (Wildman–Crippen MR) is 85.9 cm³/mol. The highest BCUT2D eigenvalue weighted by molar-refractivity contribution is 6.01. The van der Waals surface area contributed by atoms with Gasteiger partial charge in [-0.15, -0.1) is 0 Å². The van der Waals surface area contributed by atoms with Gasteiger partial charge in [0.1, 0.15) is 6.10 Å². The third-order valence-corrected chi connectivity index (χ3v) is 6.58. The van der Waals surface area contributed by atoms with Crippen LogP contribution in [0.5, 0.6) is 0 Å². The first-order valence-corrected chi connectivity index (χ1v) is 8.25. The molecule has 0 N–H and O–H groups in total. The summed E-state index contributed by atoms with van der Waals surface area (Å²) in [6.07, 6.45) is 2.85. The maximum atomic E-state index is 12.4. The highest BCUT2D eigenvalue weighted by Crippen LogP contribution is 2.65. The molecule has 2 aliphatic carbocycles. The maximum Gasteiger partial charge on any atom is 0.331 e. The fourth-order valence-electron chi connectivity index (χ4n) is 4.76. The second-order valence-corrected chi connectivity index (χ2v) is 7.81. The number of aliphatic imine (C=N–C) groups is 1. The Kier molecular flexibility index (Phi) is 2.82. The van der Waals surface area contributed by atoms with Crippen LogP contribution in [0.15, 0.2) is 35.3 Å². The number of benzene rings is 1. The van der Waals surface area contributed by atoms with Gasteiger partial charge in [-0.05, 0) is 23.8 Å². The van der Waals surface area contributed by atoms with Gasteiger partial charge in [-0.3, -0.25) is 4.99 Å². The third kappa shape index (κ3) is 1.68. The van der Waals surface area contributed by atoms with Crippen LogP contribution in [0.25, 0.3) is 0 Å². The second-order valence-electron chi connectivity index (χ2n) is 7.81. The molecule has 3 nitrogen and oxygen atoms in total. The van der Waals surface area contributed by atoms with Crippen molar-refractivity contribution in [2.24, 2.45) is 21.7 Å². The van der Waals surface area contributed by atoms with Gasteiger partial charge in [0.25, 0.3) is 0 Å². The molecule has 0 radical (unpaired) electrons. The van der Waals surface area contributed by atoms with Crippen molar-refractivity contribution in [3.63, 3.8) is 0 Å². The summed E-state index contributed by atoms with van der Waals surface area (Å²) in [5.74, 6) is 0.316. The van der Waals surface area contributed by atoms with Crippen molar-refractivity contribution < 1.29 is 9.53 Å². The van der Waals surface area contributed by atoms with E-state index in [1.807, 2.05) is 30.3 Å². The maximum absolute atomic E-state index is 12.4. The van der Waals surface area contributed by atoms with Gasteiger partial charge in [0, 0.05) is 17.8 Å². The Labute approximate surface area is 131 Å². The summed E-state index contributed by atoms with van der Waals surface area (Å²) in [6, 6.07) is 9.72. The minimum atomic E-state index is -0.368. The zero-order valence-electron chi connectivity index (χ0n) is 13.5. The molecule has 116 valence electrons. The lowest BCUT2D eigenvalue weighted by Gasteiger charge is -2.39. The second kappa shape index (κ2) is 4.43. The van der Waals surface area contributed by atoms with Gasteiger partial charge in [-0.1, -0.05) is 51.1 Å². The lowest BCUT2D eigenvalue weighted by atomic mass is 9.70. The minimum Gasteiger partial charge on any atom is -0.454 e. The summed E-state index contributed by atoms with van der Waals surface area (Å²) >= 11 is 0. The average Bonchev–Trinajstić information content (AvgIpc) is 2.81. The van der Waals surface area contributed by atoms with Crippen molar-refractivity contribution in [3.05, 3.63) is 35.9 Å². The number of carbonyl (C=O) groups is 1. The minimum absolute atomic E-state index is 0.0455. The summed E-state index contributed by atoms with van der Waals surface area (Å²) in [5, 5.41) is 0. The summed E-state index contributed by atoms with van der Waals surface area (Å²) in [7, 11) is 0. The fraction of sp³-hybridized carbons (Fsp3) is 0.579. The number of fused-ring (bicyclic) bond motifs is 5. The molecule has 2 fully saturated rings. The first-order valence-electron chi connectivity index (χ1n) is 8.25. The van der Waals surface area contributed by atoms with Gasteiger partial charge in [-0.25, -0.2) is 4.79 Å². The van der Waals surface area contributed by atoms with E-state index in [4.69, 9.17) is 9.73 Å². The van der Waals surface area contributed by atoms with E-state index < -0.39 is 0 Å². The number of esters is 1. The number of nitrogens with zero attached hydrogens (tertiary/aromatic N) is 1. The van der Waals surface area contributed by atoms with Crippen LogP contribution in [-0.2, 0) is 16.0 Å². The number of hydrogen-bond donors (Lipinski definition) is 0. The van der Waals surface area contributed by atoms with E-state index in [2.05, 4.69) is 20.8 Å². The molecule has 3 aliphatic rings. The average molecular weight is 297 g/mol. The molecule has 2 bridgehead atoms. The van der Waals surface area contributed by atoms with Gasteiger partial charge < -0.3 is 4.74 Å². The molecular weight excluding hydrogens is 274 g/mol. The molecule has 0 amide bonds. The van der Waals surface area contributed by atoms with Gasteiger partial charge in [0.15, 0.2) is 6.04 Å². The predicted octanol–water partition coefficient (Wildman–Crippen LogP) is 3.42. The number of rotatable bonds is 2. The molecule has 1 aliphatic heterocycles.